The van der Waals surface area contributed by atoms with Crippen molar-refractivity contribution >= 4 is 37.2 Å². The van der Waals surface area contributed by atoms with Crippen LogP contribution >= 0.6 is 15.9 Å². The molecule has 0 saturated carbocycles. The van der Waals surface area contributed by atoms with Gasteiger partial charge in [-0.15, -0.1) is 0 Å². The van der Waals surface area contributed by atoms with Gasteiger partial charge >= 0.3 is 0 Å². The number of allylic oxidation sites excluding steroid dienone is 1. The number of anilines is 1. The highest BCUT2D eigenvalue weighted by atomic mass is 79.9. The fourth-order valence-corrected chi connectivity index (χ4v) is 5.36. The summed E-state index contributed by atoms with van der Waals surface area (Å²) in [6.07, 6.45) is 2.01. The molecule has 0 saturated heterocycles. The number of aryl methyl sites for hydroxylation is 1. The summed E-state index contributed by atoms with van der Waals surface area (Å²) in [6, 6.07) is 12.8. The van der Waals surface area contributed by atoms with Crippen molar-refractivity contribution in [3.8, 4) is 0 Å². The topological polar surface area (TPSA) is 37.4 Å². The van der Waals surface area contributed by atoms with E-state index in [1.54, 1.807) is 12.1 Å². The molecule has 0 aliphatic carbocycles. The van der Waals surface area contributed by atoms with Crippen molar-refractivity contribution in [3.63, 3.8) is 0 Å². The van der Waals surface area contributed by atoms with Crippen molar-refractivity contribution in [2.45, 2.75) is 38.1 Å². The molecule has 0 atom stereocenters. The van der Waals surface area contributed by atoms with Crippen LogP contribution in [0.25, 0.3) is 5.57 Å². The Bertz CT molecular complexity index is 928. The van der Waals surface area contributed by atoms with E-state index in [9.17, 15) is 8.42 Å². The average molecular weight is 406 g/mol. The largest absolute Gasteiger partial charge is 0.265 e. The van der Waals surface area contributed by atoms with E-state index in [0.717, 1.165) is 21.2 Å². The predicted molar refractivity (Wildman–Crippen MR) is 103 cm³/mol. The molecule has 2 aromatic rings. The Kier molecular flexibility index (Phi) is 4.12. The van der Waals surface area contributed by atoms with E-state index in [4.69, 9.17) is 0 Å². The lowest BCUT2D eigenvalue weighted by atomic mass is 9.91. The monoisotopic (exact) mass is 405 g/mol. The molecule has 1 aliphatic heterocycles. The van der Waals surface area contributed by atoms with E-state index < -0.39 is 15.6 Å². The van der Waals surface area contributed by atoms with Crippen molar-refractivity contribution < 1.29 is 8.42 Å². The van der Waals surface area contributed by atoms with Gasteiger partial charge in [-0.3, -0.25) is 4.31 Å². The summed E-state index contributed by atoms with van der Waals surface area (Å²) in [5.41, 5.74) is 3.11. The van der Waals surface area contributed by atoms with E-state index >= 15 is 0 Å². The molecule has 0 unspecified atom stereocenters. The number of nitrogens with zero attached hydrogens (tertiary/aromatic N) is 1. The molecule has 126 valence electrons. The third-order valence-electron chi connectivity index (χ3n) is 4.26. The van der Waals surface area contributed by atoms with Gasteiger partial charge < -0.3 is 0 Å². The van der Waals surface area contributed by atoms with Gasteiger partial charge in [0, 0.05) is 10.0 Å². The first-order chi connectivity index (χ1) is 11.1. The van der Waals surface area contributed by atoms with Crippen LogP contribution in [0.2, 0.25) is 0 Å². The molecule has 0 radical (unpaired) electrons. The predicted octanol–water partition coefficient (Wildman–Crippen LogP) is 5.15. The molecular weight excluding hydrogens is 386 g/mol. The van der Waals surface area contributed by atoms with Crippen molar-refractivity contribution in [1.82, 2.24) is 0 Å². The Morgan fingerprint density at radius 3 is 2.25 bits per heavy atom. The Balaban J connectivity index is 2.26. The van der Waals surface area contributed by atoms with E-state index in [2.05, 4.69) is 15.9 Å². The van der Waals surface area contributed by atoms with Gasteiger partial charge in [0.25, 0.3) is 10.0 Å². The Morgan fingerprint density at radius 2 is 1.62 bits per heavy atom. The van der Waals surface area contributed by atoms with E-state index in [1.165, 1.54) is 4.31 Å². The molecule has 2 aromatic carbocycles. The molecule has 0 fully saturated rings. The average Bonchev–Trinajstić information content (AvgIpc) is 2.45. The second-order valence-electron chi connectivity index (χ2n) is 6.72. The second kappa shape index (κ2) is 5.74. The SMILES string of the molecule is CC1=CC(C)(C)N(S(=O)(=O)c2ccc(C)cc2)c2cc(Br)ccc21. The first-order valence-electron chi connectivity index (χ1n) is 7.74. The number of halogens is 1. The van der Waals surface area contributed by atoms with Gasteiger partial charge in [-0.2, -0.15) is 0 Å². The van der Waals surface area contributed by atoms with Crippen molar-refractivity contribution in [3.05, 3.63) is 64.1 Å². The van der Waals surface area contributed by atoms with E-state index in [1.807, 2.05) is 64.1 Å². The molecular formula is C19H20BrNO2S. The lowest BCUT2D eigenvalue weighted by Gasteiger charge is -2.42. The molecule has 3 nitrogen and oxygen atoms in total. The summed E-state index contributed by atoms with van der Waals surface area (Å²) in [5, 5.41) is 0. The van der Waals surface area contributed by atoms with Gasteiger partial charge in [-0.25, -0.2) is 8.42 Å². The minimum Gasteiger partial charge on any atom is -0.256 e. The van der Waals surface area contributed by atoms with E-state index in [0.29, 0.717) is 10.6 Å². The highest BCUT2D eigenvalue weighted by Gasteiger charge is 2.40. The molecule has 1 heterocycles. The van der Waals surface area contributed by atoms with Crippen LogP contribution in [-0.2, 0) is 10.0 Å². The summed E-state index contributed by atoms with van der Waals surface area (Å²) >= 11 is 3.47. The quantitative estimate of drug-likeness (QED) is 0.692. The van der Waals surface area contributed by atoms with Gasteiger partial charge in [0.1, 0.15) is 0 Å². The van der Waals surface area contributed by atoms with Crippen molar-refractivity contribution in [2.75, 3.05) is 4.31 Å². The minimum atomic E-state index is -3.67. The number of sulfonamides is 1. The molecule has 1 aliphatic rings. The fourth-order valence-electron chi connectivity index (χ4n) is 3.24. The van der Waals surface area contributed by atoms with Gasteiger partial charge in [0.15, 0.2) is 0 Å². The van der Waals surface area contributed by atoms with Crippen molar-refractivity contribution in [1.29, 1.82) is 0 Å². The zero-order chi connectivity index (χ0) is 17.7. The number of fused-ring (bicyclic) bond motifs is 1. The van der Waals surface area contributed by atoms with Gasteiger partial charge in [0.05, 0.1) is 16.1 Å². The fraction of sp³-hybridized carbons (Fsp3) is 0.263. The van der Waals surface area contributed by atoms with Crippen LogP contribution in [0.5, 0.6) is 0 Å². The summed E-state index contributed by atoms with van der Waals surface area (Å²) in [4.78, 5) is 0.306. The summed E-state index contributed by atoms with van der Waals surface area (Å²) in [5.74, 6) is 0. The van der Waals surface area contributed by atoms with Crippen LogP contribution in [-0.4, -0.2) is 14.0 Å². The molecule has 0 aromatic heterocycles. The van der Waals surface area contributed by atoms with Gasteiger partial charge in [-0.05, 0) is 57.5 Å². The molecule has 3 rings (SSSR count). The molecule has 0 N–H and O–H groups in total. The van der Waals surface area contributed by atoms with Crippen LogP contribution in [0.3, 0.4) is 0 Å². The zero-order valence-corrected chi connectivity index (χ0v) is 16.6. The van der Waals surface area contributed by atoms with Gasteiger partial charge in [-0.1, -0.05) is 45.8 Å². The number of benzene rings is 2. The molecule has 0 bridgehead atoms. The Morgan fingerprint density at radius 1 is 1.00 bits per heavy atom. The highest BCUT2D eigenvalue weighted by molar-refractivity contribution is 9.10. The summed E-state index contributed by atoms with van der Waals surface area (Å²) in [7, 11) is -3.67. The highest BCUT2D eigenvalue weighted by Crippen LogP contribution is 2.43. The summed E-state index contributed by atoms with van der Waals surface area (Å²) < 4.78 is 29.1. The van der Waals surface area contributed by atoms with Crippen LogP contribution < -0.4 is 4.31 Å². The van der Waals surface area contributed by atoms with Gasteiger partial charge in [0.2, 0.25) is 0 Å². The molecule has 0 amide bonds. The Labute approximate surface area is 152 Å². The number of hydrogen-bond acceptors (Lipinski definition) is 2. The van der Waals surface area contributed by atoms with Crippen LogP contribution in [0.4, 0.5) is 5.69 Å². The van der Waals surface area contributed by atoms with Crippen LogP contribution in [0.1, 0.15) is 31.9 Å². The number of rotatable bonds is 2. The number of hydrogen-bond donors (Lipinski definition) is 0. The lowest BCUT2D eigenvalue weighted by Crippen LogP contribution is -2.48. The van der Waals surface area contributed by atoms with Crippen LogP contribution in [0.15, 0.2) is 57.9 Å². The third kappa shape index (κ3) is 2.80. The second-order valence-corrected chi connectivity index (χ2v) is 9.43. The first kappa shape index (κ1) is 17.2. The Hall–Kier alpha value is -1.59. The standard InChI is InChI=1S/C19H20BrNO2S/c1-13-5-8-16(9-6-13)24(22,23)21-18-11-15(20)7-10-17(18)14(2)12-19(21,3)4/h5-12H,1-4H3. The van der Waals surface area contributed by atoms with E-state index in [-0.39, 0.29) is 0 Å². The molecule has 24 heavy (non-hydrogen) atoms. The molecule has 5 heteroatoms. The van der Waals surface area contributed by atoms with Crippen molar-refractivity contribution in [2.24, 2.45) is 0 Å². The maximum absolute atomic E-state index is 13.4. The zero-order valence-electron chi connectivity index (χ0n) is 14.2. The van der Waals surface area contributed by atoms with Crippen LogP contribution in [0, 0.1) is 6.92 Å². The smallest absolute Gasteiger partial charge is 0.256 e. The maximum atomic E-state index is 13.4. The first-order valence-corrected chi connectivity index (χ1v) is 9.98. The molecule has 0 spiro atoms. The summed E-state index contributed by atoms with van der Waals surface area (Å²) in [6.45, 7) is 7.81. The maximum Gasteiger partial charge on any atom is 0.265 e. The normalized spacial score (nSPS) is 16.5. The lowest BCUT2D eigenvalue weighted by molar-refractivity contribution is 0.561. The minimum absolute atomic E-state index is 0.306. The third-order valence-corrected chi connectivity index (χ3v) is 6.76.